The van der Waals surface area contributed by atoms with E-state index < -0.39 is 28.1 Å². The Bertz CT molecular complexity index is 1420. The molecule has 0 saturated carbocycles. The van der Waals surface area contributed by atoms with Gasteiger partial charge in [-0.05, 0) is 62.1 Å². The quantitative estimate of drug-likeness (QED) is 0.266. The summed E-state index contributed by atoms with van der Waals surface area (Å²) in [6, 6.07) is 21.5. The molecular formula is C31H40ClN3O6S. The molecule has 1 fully saturated rings. The number of methoxy groups -OCH3 is 1. The van der Waals surface area contributed by atoms with Gasteiger partial charge in [0.05, 0.1) is 36.8 Å². The van der Waals surface area contributed by atoms with E-state index in [9.17, 15) is 18.3 Å². The molecule has 3 aromatic rings. The zero-order valence-electron chi connectivity index (χ0n) is 24.2. The van der Waals surface area contributed by atoms with E-state index in [1.807, 2.05) is 68.4 Å². The molecule has 0 unspecified atom stereocenters. The summed E-state index contributed by atoms with van der Waals surface area (Å²) in [5.41, 5.74) is 2.62. The zero-order chi connectivity index (χ0) is 29.4. The van der Waals surface area contributed by atoms with E-state index in [1.165, 1.54) is 4.31 Å². The first kappa shape index (κ1) is 33.2. The number of hydrogen-bond donors (Lipinski definition) is 3. The first-order chi connectivity index (χ1) is 19.6. The van der Waals surface area contributed by atoms with Crippen LogP contribution in [-0.2, 0) is 23.0 Å². The number of aliphatic hydroxyl groups excluding tert-OH is 1. The van der Waals surface area contributed by atoms with E-state index in [1.54, 1.807) is 25.3 Å². The molecule has 1 amide bonds. The maximum absolute atomic E-state index is 13.6. The Morgan fingerprint density at radius 1 is 1.00 bits per heavy atom. The molecule has 1 aliphatic rings. The third-order valence-corrected chi connectivity index (χ3v) is 8.68. The highest BCUT2D eigenvalue weighted by Gasteiger charge is 2.30. The molecule has 2 atom stereocenters. The molecule has 0 spiro atoms. The van der Waals surface area contributed by atoms with Crippen molar-refractivity contribution in [3.8, 4) is 11.5 Å². The van der Waals surface area contributed by atoms with E-state index in [4.69, 9.17) is 9.47 Å². The highest BCUT2D eigenvalue weighted by Crippen LogP contribution is 2.30. The number of nitrogens with zero attached hydrogens (tertiary/aromatic N) is 1. The van der Waals surface area contributed by atoms with Gasteiger partial charge >= 0.3 is 0 Å². The van der Waals surface area contributed by atoms with Crippen molar-refractivity contribution in [2.24, 2.45) is 0 Å². The Morgan fingerprint density at radius 2 is 1.74 bits per heavy atom. The number of aliphatic hydroxyl groups is 1. The molecule has 4 rings (SSSR count). The molecule has 0 aliphatic carbocycles. The van der Waals surface area contributed by atoms with Crippen LogP contribution in [0.5, 0.6) is 11.5 Å². The number of amides is 1. The summed E-state index contributed by atoms with van der Waals surface area (Å²) >= 11 is 0. The summed E-state index contributed by atoms with van der Waals surface area (Å²) in [4.78, 5) is 13.6. The molecule has 0 radical (unpaired) electrons. The molecule has 0 bridgehead atoms. The Kier molecular flexibility index (Phi) is 12.0. The number of sulfonamides is 1. The number of carbonyl (C=O) groups excluding carboxylic acids is 1. The molecule has 1 aliphatic heterocycles. The molecule has 1 saturated heterocycles. The van der Waals surface area contributed by atoms with Gasteiger partial charge in [0.2, 0.25) is 10.0 Å². The van der Waals surface area contributed by atoms with Gasteiger partial charge in [-0.15, -0.1) is 12.4 Å². The highest BCUT2D eigenvalue weighted by atomic mass is 35.5. The van der Waals surface area contributed by atoms with Crippen LogP contribution in [-0.4, -0.2) is 63.6 Å². The number of rotatable bonds is 13. The molecular weight excluding hydrogens is 578 g/mol. The van der Waals surface area contributed by atoms with Crippen LogP contribution < -0.4 is 24.4 Å². The average Bonchev–Trinajstić information content (AvgIpc) is 3.31. The number of halogens is 1. The van der Waals surface area contributed by atoms with Crippen LogP contribution in [0.15, 0.2) is 72.8 Å². The first-order valence-electron chi connectivity index (χ1n) is 13.8. The Labute approximate surface area is 254 Å². The van der Waals surface area contributed by atoms with Crippen molar-refractivity contribution in [3.05, 3.63) is 89.5 Å². The van der Waals surface area contributed by atoms with Crippen molar-refractivity contribution >= 4 is 34.0 Å². The molecule has 0 aromatic heterocycles. The van der Waals surface area contributed by atoms with Gasteiger partial charge < -0.3 is 25.2 Å². The second kappa shape index (κ2) is 15.2. The van der Waals surface area contributed by atoms with Crippen LogP contribution in [0.2, 0.25) is 0 Å². The van der Waals surface area contributed by atoms with Gasteiger partial charge in [0.15, 0.2) is 0 Å². The number of nitrogens with one attached hydrogen (secondary N) is 2. The van der Waals surface area contributed by atoms with E-state index in [0.29, 0.717) is 37.4 Å². The molecule has 42 heavy (non-hydrogen) atoms. The van der Waals surface area contributed by atoms with E-state index in [2.05, 4.69) is 10.6 Å². The smallest absolute Gasteiger partial charge is 0.251 e. The van der Waals surface area contributed by atoms with Crippen molar-refractivity contribution in [3.63, 3.8) is 0 Å². The number of carbonyl (C=O) groups is 1. The van der Waals surface area contributed by atoms with Gasteiger partial charge in [0, 0.05) is 31.3 Å². The lowest BCUT2D eigenvalue weighted by atomic mass is 10.00. The minimum absolute atomic E-state index is 0. The van der Waals surface area contributed by atoms with Crippen molar-refractivity contribution in [2.75, 3.05) is 30.3 Å². The van der Waals surface area contributed by atoms with Crippen molar-refractivity contribution in [1.29, 1.82) is 0 Å². The van der Waals surface area contributed by atoms with Crippen LogP contribution in [0.3, 0.4) is 0 Å². The number of ether oxygens (including phenoxy) is 2. The van der Waals surface area contributed by atoms with Gasteiger partial charge in [-0.2, -0.15) is 0 Å². The fraction of sp³-hybridized carbons (Fsp3) is 0.387. The van der Waals surface area contributed by atoms with Gasteiger partial charge in [-0.1, -0.05) is 42.5 Å². The molecule has 228 valence electrons. The van der Waals surface area contributed by atoms with E-state index in [0.717, 1.165) is 16.9 Å². The standard InChI is InChI=1S/C31H39N3O6S.ClH/c1-22(2)40-28-18-25(17-26(19-28)34-13-8-14-41(34,37)38)31(36)33-29(16-23-9-5-4-6-10-23)30(35)21-32-20-24-11-7-12-27(15-24)39-3;/h4-7,9-12,15,17-19,22,29-30,32,35H,8,13-14,16,20-21H2,1-3H3,(H,33,36);1H/t29-,30+;/m0./s1. The Morgan fingerprint density at radius 3 is 2.40 bits per heavy atom. The Balaban J connectivity index is 0.00000484. The fourth-order valence-corrected chi connectivity index (χ4v) is 6.37. The Hall–Kier alpha value is -3.31. The minimum Gasteiger partial charge on any atom is -0.497 e. The van der Waals surface area contributed by atoms with Crippen LogP contribution in [0.4, 0.5) is 5.69 Å². The summed E-state index contributed by atoms with van der Waals surface area (Å²) < 4.78 is 37.7. The predicted molar refractivity (Wildman–Crippen MR) is 167 cm³/mol. The third kappa shape index (κ3) is 9.09. The number of hydrogen-bond acceptors (Lipinski definition) is 7. The normalized spacial score (nSPS) is 15.5. The molecule has 1 heterocycles. The molecule has 3 aromatic carbocycles. The van der Waals surface area contributed by atoms with Gasteiger partial charge in [-0.25, -0.2) is 8.42 Å². The molecule has 11 heteroatoms. The molecule has 3 N–H and O–H groups in total. The lowest BCUT2D eigenvalue weighted by Crippen LogP contribution is -2.48. The summed E-state index contributed by atoms with van der Waals surface area (Å²) in [6.07, 6.45) is -0.143. The summed E-state index contributed by atoms with van der Waals surface area (Å²) in [5.74, 6) is 0.802. The predicted octanol–water partition coefficient (Wildman–Crippen LogP) is 3.94. The second-order valence-corrected chi connectivity index (χ2v) is 12.5. The fourth-order valence-electron chi connectivity index (χ4n) is 4.82. The molecule has 9 nitrogen and oxygen atoms in total. The van der Waals surface area contributed by atoms with Crippen molar-refractivity contribution < 1.29 is 27.8 Å². The zero-order valence-corrected chi connectivity index (χ0v) is 25.8. The van der Waals surface area contributed by atoms with Gasteiger partial charge in [-0.3, -0.25) is 9.10 Å². The topological polar surface area (TPSA) is 117 Å². The lowest BCUT2D eigenvalue weighted by Gasteiger charge is -2.26. The average molecular weight is 618 g/mol. The van der Waals surface area contributed by atoms with Crippen molar-refractivity contribution in [2.45, 2.75) is 51.5 Å². The van der Waals surface area contributed by atoms with E-state index in [-0.39, 0.29) is 36.4 Å². The number of benzene rings is 3. The van der Waals surface area contributed by atoms with Gasteiger partial charge in [0.25, 0.3) is 5.91 Å². The largest absolute Gasteiger partial charge is 0.497 e. The first-order valence-corrected chi connectivity index (χ1v) is 15.4. The van der Waals surface area contributed by atoms with Crippen LogP contribution in [0.25, 0.3) is 0 Å². The van der Waals surface area contributed by atoms with E-state index >= 15 is 0 Å². The minimum atomic E-state index is -3.45. The number of anilines is 1. The maximum atomic E-state index is 13.6. The SMILES string of the molecule is COc1cccc(CNC[C@@H](O)[C@H](Cc2ccccc2)NC(=O)c2cc(OC(C)C)cc(N3CCCS3(=O)=O)c2)c1.Cl. The lowest BCUT2D eigenvalue weighted by molar-refractivity contribution is 0.0829. The summed E-state index contributed by atoms with van der Waals surface area (Å²) in [6.45, 7) is 4.84. The van der Waals surface area contributed by atoms with Gasteiger partial charge in [0.1, 0.15) is 11.5 Å². The maximum Gasteiger partial charge on any atom is 0.251 e. The third-order valence-electron chi connectivity index (χ3n) is 6.81. The summed E-state index contributed by atoms with van der Waals surface area (Å²) in [7, 11) is -1.84. The summed E-state index contributed by atoms with van der Waals surface area (Å²) in [5, 5.41) is 17.5. The van der Waals surface area contributed by atoms with Crippen molar-refractivity contribution in [1.82, 2.24) is 10.6 Å². The van der Waals surface area contributed by atoms with Crippen LogP contribution in [0, 0.1) is 0 Å². The van der Waals surface area contributed by atoms with Crippen LogP contribution in [0.1, 0.15) is 41.8 Å². The second-order valence-electron chi connectivity index (χ2n) is 10.4. The monoisotopic (exact) mass is 617 g/mol. The van der Waals surface area contributed by atoms with Crippen LogP contribution >= 0.6 is 12.4 Å². The highest BCUT2D eigenvalue weighted by molar-refractivity contribution is 7.93.